The summed E-state index contributed by atoms with van der Waals surface area (Å²) in [5.74, 6) is 0. The van der Waals surface area contributed by atoms with Crippen molar-refractivity contribution in [1.29, 1.82) is 0 Å². The van der Waals surface area contributed by atoms with Crippen LogP contribution in [-0.2, 0) is 4.74 Å². The smallest absolute Gasteiger partial charge is 0.317 e. The lowest BCUT2D eigenvalue weighted by atomic mass is 10.0. The molecule has 2 aliphatic heterocycles. The van der Waals surface area contributed by atoms with Gasteiger partial charge in [0.25, 0.3) is 0 Å². The molecule has 138 valence electrons. The van der Waals surface area contributed by atoms with E-state index in [-0.39, 0.29) is 12.1 Å². The van der Waals surface area contributed by atoms with Gasteiger partial charge in [-0.25, -0.2) is 4.79 Å². The summed E-state index contributed by atoms with van der Waals surface area (Å²) in [6.07, 6.45) is 2.10. The molecule has 6 nitrogen and oxygen atoms in total. The zero-order chi connectivity index (χ0) is 17.6. The zero-order valence-electron chi connectivity index (χ0n) is 15.4. The third kappa shape index (κ3) is 4.64. The number of nitrogens with one attached hydrogen (secondary N) is 1. The monoisotopic (exact) mass is 346 g/mol. The molecule has 2 amide bonds. The highest BCUT2D eigenvalue weighted by Crippen LogP contribution is 2.33. The molecule has 0 unspecified atom stereocenters. The lowest BCUT2D eigenvalue weighted by molar-refractivity contribution is 0.0385. The topological polar surface area (TPSA) is 48.0 Å². The van der Waals surface area contributed by atoms with Gasteiger partial charge in [0.1, 0.15) is 0 Å². The van der Waals surface area contributed by atoms with Crippen molar-refractivity contribution in [2.45, 2.75) is 18.9 Å². The molecule has 2 fully saturated rings. The molecule has 0 spiro atoms. The molecule has 0 bridgehead atoms. The maximum Gasteiger partial charge on any atom is 0.317 e. The van der Waals surface area contributed by atoms with Crippen molar-refractivity contribution in [3.05, 3.63) is 29.8 Å². The summed E-state index contributed by atoms with van der Waals surface area (Å²) in [5.41, 5.74) is 2.41. The van der Waals surface area contributed by atoms with Crippen molar-refractivity contribution >= 4 is 11.7 Å². The number of carbonyl (C=O) groups excluding carboxylic acids is 1. The van der Waals surface area contributed by atoms with E-state index < -0.39 is 0 Å². The van der Waals surface area contributed by atoms with E-state index in [1.54, 1.807) is 0 Å². The van der Waals surface area contributed by atoms with Crippen LogP contribution in [0.15, 0.2) is 24.3 Å². The molecule has 25 heavy (non-hydrogen) atoms. The van der Waals surface area contributed by atoms with Crippen LogP contribution in [0.2, 0.25) is 0 Å². The molecule has 0 aromatic heterocycles. The van der Waals surface area contributed by atoms with Crippen molar-refractivity contribution in [1.82, 2.24) is 15.1 Å². The number of benzene rings is 1. The van der Waals surface area contributed by atoms with Crippen LogP contribution in [0.3, 0.4) is 0 Å². The number of rotatable bonds is 5. The van der Waals surface area contributed by atoms with Crippen molar-refractivity contribution in [3.63, 3.8) is 0 Å². The summed E-state index contributed by atoms with van der Waals surface area (Å²) < 4.78 is 5.36. The van der Waals surface area contributed by atoms with Crippen molar-refractivity contribution in [2.24, 2.45) is 0 Å². The van der Waals surface area contributed by atoms with Crippen molar-refractivity contribution < 1.29 is 9.53 Å². The van der Waals surface area contributed by atoms with E-state index >= 15 is 0 Å². The molecular weight excluding hydrogens is 316 g/mol. The molecule has 0 saturated carbocycles. The molecule has 0 radical (unpaired) electrons. The van der Waals surface area contributed by atoms with Gasteiger partial charge in [-0.2, -0.15) is 0 Å². The Balaban J connectivity index is 1.55. The molecule has 1 N–H and O–H groups in total. The minimum absolute atomic E-state index is 0.0611. The summed E-state index contributed by atoms with van der Waals surface area (Å²) in [7, 11) is 4.09. The van der Waals surface area contributed by atoms with Crippen LogP contribution >= 0.6 is 0 Å². The number of anilines is 1. The predicted molar refractivity (Wildman–Crippen MR) is 100 cm³/mol. The first kappa shape index (κ1) is 18.0. The molecule has 1 aromatic carbocycles. The summed E-state index contributed by atoms with van der Waals surface area (Å²) in [6, 6.07) is 8.76. The van der Waals surface area contributed by atoms with Gasteiger partial charge in [-0.1, -0.05) is 12.1 Å². The third-order valence-corrected chi connectivity index (χ3v) is 5.09. The van der Waals surface area contributed by atoms with Crippen LogP contribution in [0.5, 0.6) is 0 Å². The third-order valence-electron chi connectivity index (χ3n) is 5.09. The van der Waals surface area contributed by atoms with E-state index in [9.17, 15) is 4.79 Å². The standard InChI is InChI=1S/C19H30N4O2/c1-21(2)17-6-3-5-16(15-17)18-7-4-9-23(18)19(24)20-8-10-22-11-13-25-14-12-22/h3,5-6,15,18H,4,7-14H2,1-2H3,(H,20,24)/t18-/m0/s1. The fourth-order valence-corrected chi connectivity index (χ4v) is 3.61. The average molecular weight is 346 g/mol. The molecule has 3 rings (SSSR count). The van der Waals surface area contributed by atoms with Crippen molar-refractivity contribution in [3.8, 4) is 0 Å². The van der Waals surface area contributed by atoms with E-state index in [1.807, 2.05) is 19.0 Å². The van der Waals surface area contributed by atoms with Crippen LogP contribution in [0, 0.1) is 0 Å². The van der Waals surface area contributed by atoms with Crippen LogP contribution in [0.4, 0.5) is 10.5 Å². The largest absolute Gasteiger partial charge is 0.379 e. The molecule has 6 heteroatoms. The van der Waals surface area contributed by atoms with E-state index in [2.05, 4.69) is 39.4 Å². The van der Waals surface area contributed by atoms with Gasteiger partial charge in [-0.05, 0) is 30.5 Å². The summed E-state index contributed by atoms with van der Waals surface area (Å²) in [4.78, 5) is 19.1. The highest BCUT2D eigenvalue weighted by atomic mass is 16.5. The maximum absolute atomic E-state index is 12.7. The van der Waals surface area contributed by atoms with Crippen LogP contribution in [0.25, 0.3) is 0 Å². The Labute approximate surface area is 150 Å². The fraction of sp³-hybridized carbons (Fsp3) is 0.632. The molecule has 2 heterocycles. The average Bonchev–Trinajstić information content (AvgIpc) is 3.12. The normalized spacial score (nSPS) is 21.4. The highest BCUT2D eigenvalue weighted by molar-refractivity contribution is 5.75. The van der Waals surface area contributed by atoms with Gasteiger partial charge in [0, 0.05) is 52.5 Å². The van der Waals surface area contributed by atoms with Gasteiger partial charge in [0.05, 0.1) is 19.3 Å². The minimum Gasteiger partial charge on any atom is -0.379 e. The van der Waals surface area contributed by atoms with Gasteiger partial charge in [0.2, 0.25) is 0 Å². The summed E-state index contributed by atoms with van der Waals surface area (Å²) in [5, 5.41) is 3.10. The van der Waals surface area contributed by atoms with Gasteiger partial charge in [0.15, 0.2) is 0 Å². The Morgan fingerprint density at radius 1 is 1.28 bits per heavy atom. The van der Waals surface area contributed by atoms with Crippen LogP contribution in [0.1, 0.15) is 24.4 Å². The predicted octanol–water partition coefficient (Wildman–Crippen LogP) is 1.93. The zero-order valence-corrected chi connectivity index (χ0v) is 15.4. The maximum atomic E-state index is 12.7. The molecule has 1 aromatic rings. The Kier molecular flexibility index (Phi) is 6.15. The number of hydrogen-bond donors (Lipinski definition) is 1. The van der Waals surface area contributed by atoms with Gasteiger partial charge < -0.3 is 19.9 Å². The summed E-state index contributed by atoms with van der Waals surface area (Å²) >= 11 is 0. The minimum atomic E-state index is 0.0611. The van der Waals surface area contributed by atoms with E-state index in [1.165, 1.54) is 11.3 Å². The second-order valence-corrected chi connectivity index (χ2v) is 7.03. The number of carbonyl (C=O) groups is 1. The first-order valence-electron chi connectivity index (χ1n) is 9.27. The number of nitrogens with zero attached hydrogens (tertiary/aromatic N) is 3. The van der Waals surface area contributed by atoms with Crippen molar-refractivity contribution in [2.75, 3.05) is 64.9 Å². The van der Waals surface area contributed by atoms with Gasteiger partial charge in [-0.3, -0.25) is 4.90 Å². The first-order valence-corrected chi connectivity index (χ1v) is 9.27. The molecule has 1 atom stereocenters. The second kappa shape index (κ2) is 8.54. The first-order chi connectivity index (χ1) is 12.1. The highest BCUT2D eigenvalue weighted by Gasteiger charge is 2.30. The van der Waals surface area contributed by atoms with Gasteiger partial charge in [-0.15, -0.1) is 0 Å². The number of urea groups is 1. The fourth-order valence-electron chi connectivity index (χ4n) is 3.61. The van der Waals surface area contributed by atoms with E-state index in [0.717, 1.165) is 52.2 Å². The number of hydrogen-bond acceptors (Lipinski definition) is 4. The second-order valence-electron chi connectivity index (χ2n) is 7.03. The number of amides is 2. The Morgan fingerprint density at radius 2 is 2.08 bits per heavy atom. The van der Waals surface area contributed by atoms with Crippen LogP contribution < -0.4 is 10.2 Å². The van der Waals surface area contributed by atoms with Gasteiger partial charge >= 0.3 is 6.03 Å². The summed E-state index contributed by atoms with van der Waals surface area (Å²) in [6.45, 7) is 5.93. The van der Waals surface area contributed by atoms with Crippen LogP contribution in [-0.4, -0.2) is 75.9 Å². The molecular formula is C19H30N4O2. The molecule has 2 aliphatic rings. The SMILES string of the molecule is CN(C)c1cccc([C@@H]2CCCN2C(=O)NCCN2CCOCC2)c1. The molecule has 2 saturated heterocycles. The van der Waals surface area contributed by atoms with E-state index in [4.69, 9.17) is 4.74 Å². The number of ether oxygens (including phenoxy) is 1. The quantitative estimate of drug-likeness (QED) is 0.885. The Bertz CT molecular complexity index is 572. The lowest BCUT2D eigenvalue weighted by Crippen LogP contribution is -2.45. The lowest BCUT2D eigenvalue weighted by Gasteiger charge is -2.28. The number of likely N-dealkylation sites (tertiary alicyclic amines) is 1. The molecule has 0 aliphatic carbocycles. The Hall–Kier alpha value is -1.79. The number of morpholine rings is 1. The Morgan fingerprint density at radius 3 is 2.84 bits per heavy atom. The van der Waals surface area contributed by atoms with E-state index in [0.29, 0.717) is 6.54 Å².